The fourth-order valence-electron chi connectivity index (χ4n) is 2.57. The van der Waals surface area contributed by atoms with Gasteiger partial charge in [-0.25, -0.2) is 0 Å². The van der Waals surface area contributed by atoms with Gasteiger partial charge in [-0.2, -0.15) is 0 Å². The quantitative estimate of drug-likeness (QED) is 0.605. The largest absolute Gasteiger partial charge is 0.337 e. The number of amidine groups is 1. The number of anilines is 1. The zero-order valence-electron chi connectivity index (χ0n) is 13.7. The number of benzene rings is 1. The monoisotopic (exact) mass is 347 g/mol. The number of fused-ring (bicyclic) bond motifs is 1. The first-order valence-corrected chi connectivity index (χ1v) is 9.59. The van der Waals surface area contributed by atoms with E-state index in [-0.39, 0.29) is 5.91 Å². The van der Waals surface area contributed by atoms with Gasteiger partial charge in [-0.3, -0.25) is 14.7 Å². The summed E-state index contributed by atoms with van der Waals surface area (Å²) < 4.78 is 0. The van der Waals surface area contributed by atoms with E-state index in [9.17, 15) is 4.79 Å². The van der Waals surface area contributed by atoms with Gasteiger partial charge < -0.3 is 4.90 Å². The van der Waals surface area contributed by atoms with Crippen LogP contribution in [0.3, 0.4) is 0 Å². The van der Waals surface area contributed by atoms with Crippen molar-refractivity contribution in [3.05, 3.63) is 34.2 Å². The molecule has 0 atom stereocenters. The van der Waals surface area contributed by atoms with Crippen molar-refractivity contribution in [2.24, 2.45) is 4.99 Å². The number of likely N-dealkylation sites (N-methyl/N-ethyl adjacent to an activating group) is 1. The van der Waals surface area contributed by atoms with Gasteiger partial charge >= 0.3 is 0 Å². The van der Waals surface area contributed by atoms with Crippen LogP contribution in [0.25, 0.3) is 0 Å². The molecular weight excluding hydrogens is 326 g/mol. The van der Waals surface area contributed by atoms with Crippen LogP contribution in [0.2, 0.25) is 0 Å². The van der Waals surface area contributed by atoms with E-state index >= 15 is 0 Å². The summed E-state index contributed by atoms with van der Waals surface area (Å²) in [5.74, 6) is 0.0786. The molecule has 23 heavy (non-hydrogen) atoms. The number of rotatable bonds is 4. The normalized spacial score (nSPS) is 22.4. The SMILES string of the molecule is CCCCN=C1SC(=C2Sc3ccccc3N2C)C(=O)N1CC. The Hall–Kier alpha value is -1.40. The minimum atomic E-state index is 0.0786. The fraction of sp³-hybridized carbons (Fsp3) is 0.412. The van der Waals surface area contributed by atoms with Gasteiger partial charge in [-0.15, -0.1) is 0 Å². The molecule has 4 nitrogen and oxygen atoms in total. The van der Waals surface area contributed by atoms with Gasteiger partial charge in [0, 0.05) is 25.0 Å². The van der Waals surface area contributed by atoms with Crippen LogP contribution in [0, 0.1) is 0 Å². The third-order valence-corrected chi connectivity index (χ3v) is 6.34. The first kappa shape index (κ1) is 16.5. The predicted molar refractivity (Wildman–Crippen MR) is 99.9 cm³/mol. The summed E-state index contributed by atoms with van der Waals surface area (Å²) in [4.78, 5) is 23.3. The third-order valence-electron chi connectivity index (χ3n) is 3.87. The average Bonchev–Trinajstić information content (AvgIpc) is 3.05. The molecule has 2 aliphatic heterocycles. The highest BCUT2D eigenvalue weighted by Gasteiger charge is 2.38. The molecule has 0 aromatic heterocycles. The second-order valence-corrected chi connectivity index (χ2v) is 7.44. The van der Waals surface area contributed by atoms with E-state index in [1.807, 2.05) is 26.1 Å². The maximum Gasteiger partial charge on any atom is 0.269 e. The Morgan fingerprint density at radius 3 is 2.65 bits per heavy atom. The molecule has 0 radical (unpaired) electrons. The van der Waals surface area contributed by atoms with Gasteiger partial charge in [0.05, 0.1) is 10.7 Å². The van der Waals surface area contributed by atoms with E-state index in [1.165, 1.54) is 16.7 Å². The predicted octanol–water partition coefficient (Wildman–Crippen LogP) is 4.15. The van der Waals surface area contributed by atoms with Gasteiger partial charge in [-0.05, 0) is 37.2 Å². The second-order valence-electron chi connectivity index (χ2n) is 5.43. The standard InChI is InChI=1S/C17H21N3OS2/c1-4-6-11-18-17-20(5-2)15(21)14(23-17)16-19(3)12-9-7-8-10-13(12)22-16/h7-10H,4-6,11H2,1-3H3. The number of amides is 1. The first-order chi connectivity index (χ1) is 11.2. The van der Waals surface area contributed by atoms with Crippen molar-refractivity contribution in [2.45, 2.75) is 31.6 Å². The Labute approximate surface area is 146 Å². The highest BCUT2D eigenvalue weighted by molar-refractivity contribution is 8.19. The summed E-state index contributed by atoms with van der Waals surface area (Å²) in [6, 6.07) is 8.26. The van der Waals surface area contributed by atoms with Crippen LogP contribution < -0.4 is 4.90 Å². The molecule has 1 aromatic rings. The lowest BCUT2D eigenvalue weighted by molar-refractivity contribution is -0.122. The molecule has 1 saturated heterocycles. The number of carbonyl (C=O) groups is 1. The number of unbranched alkanes of at least 4 members (excludes halogenated alkanes) is 1. The molecule has 0 spiro atoms. The summed E-state index contributed by atoms with van der Waals surface area (Å²) in [6.45, 7) is 5.60. The van der Waals surface area contributed by atoms with E-state index in [2.05, 4.69) is 28.9 Å². The first-order valence-electron chi connectivity index (χ1n) is 7.96. The number of carbonyl (C=O) groups excluding carboxylic acids is 1. The Morgan fingerprint density at radius 2 is 1.96 bits per heavy atom. The molecule has 0 aliphatic carbocycles. The van der Waals surface area contributed by atoms with E-state index in [1.54, 1.807) is 16.7 Å². The minimum absolute atomic E-state index is 0.0786. The molecule has 1 amide bonds. The number of hydrogen-bond donors (Lipinski definition) is 0. The molecule has 0 bridgehead atoms. The molecule has 0 N–H and O–H groups in total. The molecule has 0 saturated carbocycles. The molecule has 2 aliphatic rings. The smallest absolute Gasteiger partial charge is 0.269 e. The minimum Gasteiger partial charge on any atom is -0.337 e. The highest BCUT2D eigenvalue weighted by atomic mass is 32.2. The molecule has 0 unspecified atom stereocenters. The van der Waals surface area contributed by atoms with Crippen LogP contribution in [0.15, 0.2) is 44.1 Å². The maximum absolute atomic E-state index is 12.8. The van der Waals surface area contributed by atoms with Crippen LogP contribution in [0.4, 0.5) is 5.69 Å². The Balaban J connectivity index is 1.92. The van der Waals surface area contributed by atoms with Crippen molar-refractivity contribution in [1.29, 1.82) is 0 Å². The molecule has 122 valence electrons. The number of thioether (sulfide) groups is 2. The zero-order chi connectivity index (χ0) is 16.4. The van der Waals surface area contributed by atoms with Crippen LogP contribution in [0.5, 0.6) is 0 Å². The summed E-state index contributed by atoms with van der Waals surface area (Å²) in [5, 5.41) is 1.86. The fourth-order valence-corrected chi connectivity index (χ4v) is 4.98. The van der Waals surface area contributed by atoms with E-state index in [4.69, 9.17) is 0 Å². The molecule has 1 fully saturated rings. The van der Waals surface area contributed by atoms with E-state index < -0.39 is 0 Å². The molecule has 6 heteroatoms. The van der Waals surface area contributed by atoms with Crippen molar-refractivity contribution < 1.29 is 4.79 Å². The van der Waals surface area contributed by atoms with Crippen LogP contribution in [0.1, 0.15) is 26.7 Å². The second kappa shape index (κ2) is 7.01. The Kier molecular flexibility index (Phi) is 5.02. The lowest BCUT2D eigenvalue weighted by Gasteiger charge is -2.15. The van der Waals surface area contributed by atoms with E-state index in [0.717, 1.165) is 40.2 Å². The van der Waals surface area contributed by atoms with Crippen molar-refractivity contribution in [3.8, 4) is 0 Å². The Morgan fingerprint density at radius 1 is 1.17 bits per heavy atom. The number of nitrogens with zero attached hydrogens (tertiary/aromatic N) is 3. The van der Waals surface area contributed by atoms with Gasteiger partial charge in [-0.1, -0.05) is 37.2 Å². The third kappa shape index (κ3) is 3.02. The summed E-state index contributed by atoms with van der Waals surface area (Å²) >= 11 is 3.19. The number of aliphatic imine (C=N–C) groups is 1. The van der Waals surface area contributed by atoms with Crippen LogP contribution >= 0.6 is 23.5 Å². The lowest BCUT2D eigenvalue weighted by Crippen LogP contribution is -2.29. The highest BCUT2D eigenvalue weighted by Crippen LogP contribution is 2.49. The molecular formula is C17H21N3OS2. The van der Waals surface area contributed by atoms with Crippen LogP contribution in [-0.2, 0) is 4.79 Å². The zero-order valence-corrected chi connectivity index (χ0v) is 15.3. The average molecular weight is 348 g/mol. The van der Waals surface area contributed by atoms with Gasteiger partial charge in [0.25, 0.3) is 5.91 Å². The Bertz CT molecular complexity index is 684. The van der Waals surface area contributed by atoms with E-state index in [0.29, 0.717) is 6.54 Å². The number of para-hydroxylation sites is 1. The molecule has 1 aromatic carbocycles. The molecule has 2 heterocycles. The van der Waals surface area contributed by atoms with Crippen molar-refractivity contribution in [1.82, 2.24) is 4.90 Å². The van der Waals surface area contributed by atoms with Crippen LogP contribution in [-0.4, -0.2) is 36.1 Å². The summed E-state index contributed by atoms with van der Waals surface area (Å²) in [5.41, 5.74) is 1.16. The van der Waals surface area contributed by atoms with Crippen molar-refractivity contribution in [2.75, 3.05) is 25.0 Å². The lowest BCUT2D eigenvalue weighted by atomic mass is 10.3. The van der Waals surface area contributed by atoms with Crippen molar-refractivity contribution >= 4 is 40.3 Å². The van der Waals surface area contributed by atoms with Gasteiger partial charge in [0.15, 0.2) is 5.17 Å². The molecule has 3 rings (SSSR count). The summed E-state index contributed by atoms with van der Waals surface area (Å²) in [6.07, 6.45) is 2.17. The van der Waals surface area contributed by atoms with Gasteiger partial charge in [0.1, 0.15) is 4.91 Å². The van der Waals surface area contributed by atoms with Gasteiger partial charge in [0.2, 0.25) is 0 Å². The topological polar surface area (TPSA) is 35.9 Å². The maximum atomic E-state index is 12.8. The van der Waals surface area contributed by atoms with Crippen molar-refractivity contribution in [3.63, 3.8) is 0 Å². The number of hydrogen-bond acceptors (Lipinski definition) is 5. The summed E-state index contributed by atoms with van der Waals surface area (Å²) in [7, 11) is 2.03.